The highest BCUT2D eigenvalue weighted by Crippen LogP contribution is 2.34. The largest absolute Gasteiger partial charge is 0.374 e. The van der Waals surface area contributed by atoms with Crippen LogP contribution < -0.4 is 10.2 Å². The van der Waals surface area contributed by atoms with Gasteiger partial charge in [0.05, 0.1) is 17.9 Å². The number of hydrogen-bond donors (Lipinski definition) is 1. The third-order valence-electron chi connectivity index (χ3n) is 4.05. The third kappa shape index (κ3) is 2.09. The van der Waals surface area contributed by atoms with Crippen LogP contribution in [-0.4, -0.2) is 18.5 Å². The molecule has 3 nitrogen and oxygen atoms in total. The summed E-state index contributed by atoms with van der Waals surface area (Å²) in [4.78, 5) is 14.3. The molecule has 2 aliphatic rings. The van der Waals surface area contributed by atoms with Crippen LogP contribution in [-0.2, 0) is 4.79 Å². The number of benzene rings is 1. The van der Waals surface area contributed by atoms with Gasteiger partial charge in [-0.1, -0.05) is 37.8 Å². The molecule has 18 heavy (non-hydrogen) atoms. The van der Waals surface area contributed by atoms with Crippen molar-refractivity contribution in [1.29, 1.82) is 0 Å². The first kappa shape index (κ1) is 11.6. The molecule has 1 heterocycles. The number of nitrogens with zero attached hydrogens (tertiary/aromatic N) is 1. The van der Waals surface area contributed by atoms with E-state index < -0.39 is 0 Å². The standard InChI is InChI=1S/C15H20N2O/c18-15-11-16-13-9-5-6-10-14(13)17(15)12-7-3-1-2-4-8-12/h5-6,9-10,12,16H,1-4,7-8,11H2. The molecular formula is C15H20N2O. The lowest BCUT2D eigenvalue weighted by molar-refractivity contribution is -0.117. The number of amides is 1. The smallest absolute Gasteiger partial charge is 0.246 e. The Kier molecular flexibility index (Phi) is 3.22. The Morgan fingerprint density at radius 2 is 1.78 bits per heavy atom. The lowest BCUT2D eigenvalue weighted by Crippen LogP contribution is -2.46. The summed E-state index contributed by atoms with van der Waals surface area (Å²) in [6.45, 7) is 0.438. The summed E-state index contributed by atoms with van der Waals surface area (Å²) in [6, 6.07) is 8.56. The second kappa shape index (κ2) is 5.01. The van der Waals surface area contributed by atoms with Crippen LogP contribution in [0.5, 0.6) is 0 Å². The van der Waals surface area contributed by atoms with E-state index in [-0.39, 0.29) is 5.91 Å². The number of fused-ring (bicyclic) bond motifs is 1. The molecule has 1 saturated carbocycles. The number of carbonyl (C=O) groups excluding carboxylic acids is 1. The third-order valence-corrected chi connectivity index (χ3v) is 4.05. The van der Waals surface area contributed by atoms with Crippen molar-refractivity contribution in [2.45, 2.75) is 44.6 Å². The zero-order valence-electron chi connectivity index (χ0n) is 10.7. The number of para-hydroxylation sites is 2. The minimum Gasteiger partial charge on any atom is -0.374 e. The molecule has 96 valence electrons. The Hall–Kier alpha value is -1.51. The molecule has 1 aromatic rings. The first-order chi connectivity index (χ1) is 8.86. The van der Waals surface area contributed by atoms with Crippen LogP contribution in [0.2, 0.25) is 0 Å². The normalized spacial score (nSPS) is 21.1. The van der Waals surface area contributed by atoms with Gasteiger partial charge in [-0.2, -0.15) is 0 Å². The van der Waals surface area contributed by atoms with E-state index in [2.05, 4.69) is 22.3 Å². The second-order valence-corrected chi connectivity index (χ2v) is 5.28. The minimum absolute atomic E-state index is 0.223. The van der Waals surface area contributed by atoms with Gasteiger partial charge in [0.15, 0.2) is 0 Å². The van der Waals surface area contributed by atoms with Gasteiger partial charge in [0, 0.05) is 6.04 Å². The fourth-order valence-electron chi connectivity index (χ4n) is 3.14. The summed E-state index contributed by atoms with van der Waals surface area (Å²) in [5.41, 5.74) is 2.17. The van der Waals surface area contributed by atoms with Gasteiger partial charge in [-0.3, -0.25) is 4.79 Å². The molecule has 1 aliphatic carbocycles. The molecule has 0 saturated heterocycles. The average molecular weight is 244 g/mol. The molecular weight excluding hydrogens is 224 g/mol. The van der Waals surface area contributed by atoms with Crippen LogP contribution in [0.15, 0.2) is 24.3 Å². The van der Waals surface area contributed by atoms with Crippen molar-refractivity contribution in [3.8, 4) is 0 Å². The highest BCUT2D eigenvalue weighted by atomic mass is 16.2. The van der Waals surface area contributed by atoms with Gasteiger partial charge in [0.25, 0.3) is 0 Å². The van der Waals surface area contributed by atoms with E-state index in [4.69, 9.17) is 0 Å². The number of anilines is 2. The van der Waals surface area contributed by atoms with Gasteiger partial charge < -0.3 is 10.2 Å². The Labute approximate surface area is 108 Å². The van der Waals surface area contributed by atoms with Gasteiger partial charge in [-0.15, -0.1) is 0 Å². The van der Waals surface area contributed by atoms with Gasteiger partial charge in [-0.25, -0.2) is 0 Å². The maximum absolute atomic E-state index is 12.2. The summed E-state index contributed by atoms with van der Waals surface area (Å²) in [6.07, 6.45) is 7.45. The lowest BCUT2D eigenvalue weighted by Gasteiger charge is -2.36. The van der Waals surface area contributed by atoms with Crippen molar-refractivity contribution < 1.29 is 4.79 Å². The van der Waals surface area contributed by atoms with E-state index in [0.29, 0.717) is 12.6 Å². The Balaban J connectivity index is 1.91. The summed E-state index contributed by atoms with van der Waals surface area (Å²) >= 11 is 0. The highest BCUT2D eigenvalue weighted by molar-refractivity contribution is 6.03. The van der Waals surface area contributed by atoms with Crippen molar-refractivity contribution in [1.82, 2.24) is 0 Å². The minimum atomic E-state index is 0.223. The molecule has 0 aromatic heterocycles. The van der Waals surface area contributed by atoms with Crippen LogP contribution in [0.25, 0.3) is 0 Å². The van der Waals surface area contributed by atoms with Crippen LogP contribution in [0.1, 0.15) is 38.5 Å². The number of carbonyl (C=O) groups is 1. The molecule has 0 atom stereocenters. The SMILES string of the molecule is O=C1CNc2ccccc2N1C1CCCCCC1. The first-order valence-corrected chi connectivity index (χ1v) is 7.01. The lowest BCUT2D eigenvalue weighted by atomic mass is 10.0. The van der Waals surface area contributed by atoms with Crippen LogP contribution >= 0.6 is 0 Å². The quantitative estimate of drug-likeness (QED) is 0.770. The molecule has 0 bridgehead atoms. The van der Waals surface area contributed by atoms with Crippen molar-refractivity contribution in [2.24, 2.45) is 0 Å². The number of rotatable bonds is 1. The maximum Gasteiger partial charge on any atom is 0.246 e. The first-order valence-electron chi connectivity index (χ1n) is 7.01. The molecule has 1 fully saturated rings. The van der Waals surface area contributed by atoms with Crippen molar-refractivity contribution >= 4 is 17.3 Å². The highest BCUT2D eigenvalue weighted by Gasteiger charge is 2.30. The van der Waals surface area contributed by atoms with E-state index in [0.717, 1.165) is 24.2 Å². The Morgan fingerprint density at radius 1 is 1.06 bits per heavy atom. The summed E-state index contributed by atoms with van der Waals surface area (Å²) < 4.78 is 0. The second-order valence-electron chi connectivity index (χ2n) is 5.28. The molecule has 1 aromatic carbocycles. The van der Waals surface area contributed by atoms with Crippen molar-refractivity contribution in [2.75, 3.05) is 16.8 Å². The Morgan fingerprint density at radius 3 is 2.56 bits per heavy atom. The molecule has 3 rings (SSSR count). The van der Waals surface area contributed by atoms with Gasteiger partial charge in [-0.05, 0) is 25.0 Å². The molecule has 1 N–H and O–H groups in total. The van der Waals surface area contributed by atoms with Crippen LogP contribution in [0.3, 0.4) is 0 Å². The fraction of sp³-hybridized carbons (Fsp3) is 0.533. The van der Waals surface area contributed by atoms with Crippen LogP contribution in [0.4, 0.5) is 11.4 Å². The maximum atomic E-state index is 12.2. The van der Waals surface area contributed by atoms with Crippen molar-refractivity contribution in [3.63, 3.8) is 0 Å². The van der Waals surface area contributed by atoms with E-state index in [1.807, 2.05) is 12.1 Å². The fourth-order valence-corrected chi connectivity index (χ4v) is 3.14. The Bertz CT molecular complexity index is 436. The van der Waals surface area contributed by atoms with Crippen LogP contribution in [0, 0.1) is 0 Å². The summed E-state index contributed by atoms with van der Waals surface area (Å²) in [5, 5.41) is 3.21. The zero-order chi connectivity index (χ0) is 12.4. The molecule has 0 radical (unpaired) electrons. The molecule has 0 spiro atoms. The summed E-state index contributed by atoms with van der Waals surface area (Å²) in [7, 11) is 0. The molecule has 1 amide bonds. The predicted octanol–water partition coefficient (Wildman–Crippen LogP) is 3.17. The van der Waals surface area contributed by atoms with E-state index in [1.54, 1.807) is 0 Å². The predicted molar refractivity (Wildman–Crippen MR) is 73.9 cm³/mol. The van der Waals surface area contributed by atoms with Gasteiger partial charge in [0.1, 0.15) is 0 Å². The van der Waals surface area contributed by atoms with Crippen molar-refractivity contribution in [3.05, 3.63) is 24.3 Å². The van der Waals surface area contributed by atoms with E-state index >= 15 is 0 Å². The zero-order valence-corrected chi connectivity index (χ0v) is 10.7. The van der Waals surface area contributed by atoms with Gasteiger partial charge >= 0.3 is 0 Å². The topological polar surface area (TPSA) is 32.3 Å². The van der Waals surface area contributed by atoms with E-state index in [9.17, 15) is 4.79 Å². The van der Waals surface area contributed by atoms with Gasteiger partial charge in [0.2, 0.25) is 5.91 Å². The number of nitrogens with one attached hydrogen (secondary N) is 1. The molecule has 1 aliphatic heterocycles. The molecule has 0 unspecified atom stereocenters. The number of hydrogen-bond acceptors (Lipinski definition) is 2. The molecule has 3 heteroatoms. The van der Waals surface area contributed by atoms with E-state index in [1.165, 1.54) is 25.7 Å². The summed E-state index contributed by atoms with van der Waals surface area (Å²) in [5.74, 6) is 0.223. The average Bonchev–Trinajstić information content (AvgIpc) is 2.67. The monoisotopic (exact) mass is 244 g/mol.